The average molecular weight is 1020 g/mol. The summed E-state index contributed by atoms with van der Waals surface area (Å²) in [5.41, 5.74) is -3.88. The first-order chi connectivity index (χ1) is 33.5. The lowest BCUT2D eigenvalue weighted by Gasteiger charge is -2.52. The molecule has 1 spiro atoms. The maximum atomic E-state index is 13.8. The van der Waals surface area contributed by atoms with Gasteiger partial charge in [-0.15, -0.1) is 0 Å². The Balaban J connectivity index is 1.38. The summed E-state index contributed by atoms with van der Waals surface area (Å²) in [5, 5.41) is 80.8. The third kappa shape index (κ3) is 16.0. The third-order valence-electron chi connectivity index (χ3n) is 16.6. The first kappa shape index (κ1) is 60.2. The van der Waals surface area contributed by atoms with Crippen molar-refractivity contribution in [1.82, 2.24) is 0 Å². The van der Waals surface area contributed by atoms with Crippen molar-refractivity contribution in [2.24, 2.45) is 23.7 Å². The van der Waals surface area contributed by atoms with Crippen molar-refractivity contribution in [3.8, 4) is 0 Å². The molecular formula is C54H94O17. The Kier molecular flexibility index (Phi) is 22.8. The van der Waals surface area contributed by atoms with Crippen LogP contribution in [-0.4, -0.2) is 171 Å². The van der Waals surface area contributed by atoms with Gasteiger partial charge >= 0.3 is 5.97 Å². The van der Waals surface area contributed by atoms with E-state index in [1.807, 2.05) is 13.8 Å². The van der Waals surface area contributed by atoms with E-state index in [4.69, 9.17) is 42.6 Å². The number of rotatable bonds is 10. The average Bonchev–Trinajstić information content (AvgIpc) is 3.33. The summed E-state index contributed by atoms with van der Waals surface area (Å²) >= 11 is 0. The fourth-order valence-electron chi connectivity index (χ4n) is 11.3. The van der Waals surface area contributed by atoms with Gasteiger partial charge in [0.25, 0.3) is 0 Å². The fraction of sp³-hybridized carbons (Fsp3) is 0.907. The van der Waals surface area contributed by atoms with Crippen LogP contribution in [0.15, 0.2) is 24.3 Å². The predicted octanol–water partition coefficient (Wildman–Crippen LogP) is 5.53. The van der Waals surface area contributed by atoms with Crippen LogP contribution in [0, 0.1) is 23.7 Å². The van der Waals surface area contributed by atoms with Gasteiger partial charge in [0.15, 0.2) is 18.4 Å². The molecule has 0 aliphatic carbocycles. The Hall–Kier alpha value is -1.65. The predicted molar refractivity (Wildman–Crippen MR) is 264 cm³/mol. The van der Waals surface area contributed by atoms with E-state index in [1.165, 1.54) is 35.0 Å². The highest BCUT2D eigenvalue weighted by Gasteiger charge is 2.53. The number of aliphatic hydroxyl groups is 7. The largest absolute Gasteiger partial charge is 0.459 e. The third-order valence-corrected chi connectivity index (χ3v) is 16.6. The van der Waals surface area contributed by atoms with Crippen LogP contribution < -0.4 is 0 Å². The second-order valence-electron chi connectivity index (χ2n) is 22.3. The summed E-state index contributed by atoms with van der Waals surface area (Å²) in [4.78, 5) is 13.8. The van der Waals surface area contributed by atoms with E-state index < -0.39 is 115 Å². The molecule has 23 atom stereocenters. The molecule has 0 amide bonds. The van der Waals surface area contributed by atoms with E-state index in [0.717, 1.165) is 57.1 Å². The molecule has 17 nitrogen and oxygen atoms in total. The van der Waals surface area contributed by atoms with Crippen molar-refractivity contribution in [1.29, 1.82) is 0 Å². The molecule has 0 saturated carbocycles. The second kappa shape index (κ2) is 26.9. The van der Waals surface area contributed by atoms with Crippen LogP contribution in [0.25, 0.3) is 0 Å². The molecule has 7 N–H and O–H groups in total. The van der Waals surface area contributed by atoms with Crippen molar-refractivity contribution in [3.63, 3.8) is 0 Å². The molecule has 4 saturated heterocycles. The van der Waals surface area contributed by atoms with Crippen LogP contribution >= 0.6 is 0 Å². The van der Waals surface area contributed by atoms with Gasteiger partial charge in [0.05, 0.1) is 60.5 Å². The SMILES string of the molecule is CCC(O)CC1OC2(CCC1C)CC1OC(=O)C=CC(C)(O)C(O)C(C)C(O)C(OC3CC(OC)C(OC4CC(OC)C(O)C(C)O4)C(C)O3)C(O)C(C)(O)CCCCC=CCC(CC)CCC(O2)C1C. The summed E-state index contributed by atoms with van der Waals surface area (Å²) in [5.74, 6) is -2.56. The van der Waals surface area contributed by atoms with Gasteiger partial charge in [0, 0.05) is 57.8 Å². The van der Waals surface area contributed by atoms with Crippen molar-refractivity contribution in [2.45, 2.75) is 274 Å². The zero-order chi connectivity index (χ0) is 52.4. The minimum absolute atomic E-state index is 0.0777. The Morgan fingerprint density at radius 2 is 1.42 bits per heavy atom. The standard InChI is InChI=1S/C54H94O17/c1-12-36-19-17-15-14-16-18-24-52(8,61)51(60)49(69-45-29-41(64-11)48(35(7)66-45)68-44-28-40(63-10)47(58)34(6)65-44)46(57)33(5)50(59)53(9,62)25-23-43(56)67-42-30-54(70-38(21-20-36)32(42)4)26-22-31(3)39(71-54)27-37(55)13-2/h15,17,23,25,31-42,44-51,55,57-62H,12-14,16,18-22,24,26-30H2,1-11H3. The number of aliphatic hydroxyl groups excluding tert-OH is 5. The van der Waals surface area contributed by atoms with Crippen LogP contribution in [0.1, 0.15) is 159 Å². The number of ether oxygens (including phenoxy) is 9. The van der Waals surface area contributed by atoms with Gasteiger partial charge in [-0.3, -0.25) is 0 Å². The van der Waals surface area contributed by atoms with Crippen molar-refractivity contribution in [3.05, 3.63) is 24.3 Å². The van der Waals surface area contributed by atoms with Gasteiger partial charge in [-0.2, -0.15) is 0 Å². The number of allylic oxidation sites excluding steroid dienone is 2. The minimum atomic E-state index is -2.10. The molecular weight excluding hydrogens is 921 g/mol. The number of carbonyl (C=O) groups is 1. The summed E-state index contributed by atoms with van der Waals surface area (Å²) in [6.45, 7) is 16.1. The van der Waals surface area contributed by atoms with Gasteiger partial charge < -0.3 is 78.4 Å². The van der Waals surface area contributed by atoms with Crippen molar-refractivity contribution in [2.75, 3.05) is 14.2 Å². The highest BCUT2D eigenvalue weighted by atomic mass is 16.7. The molecule has 71 heavy (non-hydrogen) atoms. The molecule has 17 heteroatoms. The number of hydrogen-bond donors (Lipinski definition) is 7. The zero-order valence-corrected chi connectivity index (χ0v) is 44.7. The highest BCUT2D eigenvalue weighted by molar-refractivity contribution is 5.82. The number of carbonyl (C=O) groups excluding carboxylic acids is 1. The maximum Gasteiger partial charge on any atom is 0.330 e. The van der Waals surface area contributed by atoms with E-state index in [-0.39, 0.29) is 43.3 Å². The van der Waals surface area contributed by atoms with E-state index in [1.54, 1.807) is 13.8 Å². The Morgan fingerprint density at radius 3 is 2.08 bits per heavy atom. The topological polar surface area (TPSA) is 242 Å². The molecule has 412 valence electrons. The van der Waals surface area contributed by atoms with Gasteiger partial charge in [-0.05, 0) is 103 Å². The molecule has 23 unspecified atom stereocenters. The minimum Gasteiger partial charge on any atom is -0.459 e. The lowest BCUT2D eigenvalue weighted by atomic mass is 9.79. The van der Waals surface area contributed by atoms with Crippen LogP contribution in [0.2, 0.25) is 0 Å². The van der Waals surface area contributed by atoms with Crippen molar-refractivity contribution >= 4 is 5.97 Å². The Morgan fingerprint density at radius 1 is 0.761 bits per heavy atom. The van der Waals surface area contributed by atoms with E-state index >= 15 is 0 Å². The molecule has 0 aromatic rings. The zero-order valence-electron chi connectivity index (χ0n) is 44.7. The first-order valence-corrected chi connectivity index (χ1v) is 26.9. The smallest absolute Gasteiger partial charge is 0.330 e. The molecule has 5 rings (SSSR count). The Bertz CT molecular complexity index is 1660. The van der Waals surface area contributed by atoms with Crippen LogP contribution in [0.5, 0.6) is 0 Å². The maximum absolute atomic E-state index is 13.8. The number of hydrogen-bond acceptors (Lipinski definition) is 17. The molecule has 2 bridgehead atoms. The molecule has 5 aliphatic rings. The number of esters is 1. The van der Waals surface area contributed by atoms with E-state index in [2.05, 4.69) is 26.0 Å². The summed E-state index contributed by atoms with van der Waals surface area (Å²) in [6, 6.07) is 0. The van der Waals surface area contributed by atoms with Crippen LogP contribution in [0.4, 0.5) is 0 Å². The number of methoxy groups -OCH3 is 2. The molecule has 0 radical (unpaired) electrons. The van der Waals surface area contributed by atoms with Gasteiger partial charge in [-0.25, -0.2) is 4.79 Å². The molecule has 0 aromatic carbocycles. The highest BCUT2D eigenvalue weighted by Crippen LogP contribution is 2.46. The first-order valence-electron chi connectivity index (χ1n) is 26.9. The molecule has 5 aliphatic heterocycles. The second-order valence-corrected chi connectivity index (χ2v) is 22.3. The van der Waals surface area contributed by atoms with Gasteiger partial charge in [0.2, 0.25) is 0 Å². The van der Waals surface area contributed by atoms with Gasteiger partial charge in [-0.1, -0.05) is 59.6 Å². The van der Waals surface area contributed by atoms with Crippen molar-refractivity contribution < 1.29 is 83.2 Å². The van der Waals surface area contributed by atoms with E-state index in [0.29, 0.717) is 38.0 Å². The monoisotopic (exact) mass is 1010 g/mol. The molecule has 5 heterocycles. The summed E-state index contributed by atoms with van der Waals surface area (Å²) in [6.07, 6.45) is 1.45. The summed E-state index contributed by atoms with van der Waals surface area (Å²) < 4.78 is 56.4. The lowest BCUT2D eigenvalue weighted by molar-refractivity contribution is -0.348. The molecule has 0 aromatic heterocycles. The lowest BCUT2D eigenvalue weighted by Crippen LogP contribution is -2.59. The Labute approximate surface area is 423 Å². The number of fused-ring (bicyclic) bond motifs is 2. The normalized spacial score (nSPS) is 46.8. The van der Waals surface area contributed by atoms with Crippen LogP contribution in [0.3, 0.4) is 0 Å². The van der Waals surface area contributed by atoms with Gasteiger partial charge in [0.1, 0.15) is 36.1 Å². The molecule has 4 fully saturated rings. The van der Waals surface area contributed by atoms with E-state index in [9.17, 15) is 40.5 Å². The van der Waals surface area contributed by atoms with Crippen LogP contribution in [-0.2, 0) is 47.4 Å². The quantitative estimate of drug-likeness (QED) is 0.105. The fourth-order valence-corrected chi connectivity index (χ4v) is 11.3. The summed E-state index contributed by atoms with van der Waals surface area (Å²) in [7, 11) is 3.03.